The van der Waals surface area contributed by atoms with Crippen LogP contribution in [0.5, 0.6) is 0 Å². The number of fused-ring (bicyclic) bond motifs is 2. The monoisotopic (exact) mass is 420 g/mol. The topological polar surface area (TPSA) is 41.4 Å². The van der Waals surface area contributed by atoms with Gasteiger partial charge in [0.2, 0.25) is 0 Å². The van der Waals surface area contributed by atoms with Crippen molar-refractivity contribution in [3.8, 4) is 11.3 Å². The van der Waals surface area contributed by atoms with Crippen molar-refractivity contribution in [2.24, 2.45) is 0 Å². The molecule has 6 heteroatoms. The molecule has 2 aliphatic heterocycles. The van der Waals surface area contributed by atoms with Crippen LogP contribution in [0.15, 0.2) is 53.5 Å². The van der Waals surface area contributed by atoms with Crippen LogP contribution in [0.4, 0.5) is 0 Å². The van der Waals surface area contributed by atoms with Crippen LogP contribution in [-0.2, 0) is 12.1 Å². The number of benzene rings is 1. The first-order valence-electron chi connectivity index (χ1n) is 10.7. The molecule has 156 valence electrons. The summed E-state index contributed by atoms with van der Waals surface area (Å²) in [4.78, 5) is 22.6. The van der Waals surface area contributed by atoms with Gasteiger partial charge in [-0.1, -0.05) is 30.3 Å². The standard InChI is InChI=1S/C24H28N4OS/c1-18(2)27-13-21-22(19-7-4-3-5-8-19)25-17-28(21)24(16-27)10-6-11-26(15-24)23(29)20-9-12-30-14-20/h3-5,7-9,12,14,17-18H,6,10-11,13,15-16H2,1-2H3/t24-/m1/s1. The van der Waals surface area contributed by atoms with Gasteiger partial charge in [-0.15, -0.1) is 0 Å². The Morgan fingerprint density at radius 3 is 2.73 bits per heavy atom. The molecule has 5 rings (SSSR count). The average Bonchev–Trinajstić information content (AvgIpc) is 3.44. The summed E-state index contributed by atoms with van der Waals surface area (Å²) in [5.41, 5.74) is 4.19. The van der Waals surface area contributed by atoms with Gasteiger partial charge in [0.1, 0.15) is 0 Å². The van der Waals surface area contributed by atoms with Crippen molar-refractivity contribution in [3.63, 3.8) is 0 Å². The predicted molar refractivity (Wildman–Crippen MR) is 121 cm³/mol. The van der Waals surface area contributed by atoms with Gasteiger partial charge in [-0.25, -0.2) is 4.98 Å². The van der Waals surface area contributed by atoms with Crippen LogP contribution < -0.4 is 0 Å². The van der Waals surface area contributed by atoms with E-state index in [0.29, 0.717) is 6.04 Å². The molecule has 1 spiro atoms. The summed E-state index contributed by atoms with van der Waals surface area (Å²) in [5, 5.41) is 3.94. The summed E-state index contributed by atoms with van der Waals surface area (Å²) in [5.74, 6) is 0.155. The third-order valence-corrected chi connectivity index (χ3v) is 7.30. The van der Waals surface area contributed by atoms with Crippen molar-refractivity contribution in [3.05, 3.63) is 64.7 Å². The van der Waals surface area contributed by atoms with E-state index in [1.807, 2.05) is 29.2 Å². The lowest BCUT2D eigenvalue weighted by Gasteiger charge is -2.50. The lowest BCUT2D eigenvalue weighted by atomic mass is 9.85. The highest BCUT2D eigenvalue weighted by Gasteiger charge is 2.45. The third kappa shape index (κ3) is 3.28. The zero-order valence-corrected chi connectivity index (χ0v) is 18.4. The summed E-state index contributed by atoms with van der Waals surface area (Å²) in [6, 6.07) is 12.8. The van der Waals surface area contributed by atoms with Crippen LogP contribution in [0.1, 0.15) is 42.7 Å². The number of aromatic nitrogens is 2. The number of imidazole rings is 1. The van der Waals surface area contributed by atoms with Gasteiger partial charge < -0.3 is 9.47 Å². The first-order chi connectivity index (χ1) is 14.6. The van der Waals surface area contributed by atoms with Gasteiger partial charge in [0.25, 0.3) is 5.91 Å². The van der Waals surface area contributed by atoms with Gasteiger partial charge in [0.05, 0.1) is 28.8 Å². The molecule has 4 heterocycles. The van der Waals surface area contributed by atoms with E-state index in [0.717, 1.165) is 55.8 Å². The molecule has 1 saturated heterocycles. The Morgan fingerprint density at radius 2 is 2.00 bits per heavy atom. The minimum atomic E-state index is -0.123. The predicted octanol–water partition coefficient (Wildman–Crippen LogP) is 4.47. The maximum Gasteiger partial charge on any atom is 0.254 e. The number of likely N-dealkylation sites (tertiary alicyclic amines) is 1. The van der Waals surface area contributed by atoms with E-state index in [1.165, 1.54) is 5.69 Å². The smallest absolute Gasteiger partial charge is 0.254 e. The lowest BCUT2D eigenvalue weighted by Crippen LogP contribution is -2.60. The van der Waals surface area contributed by atoms with Crippen molar-refractivity contribution in [1.82, 2.24) is 19.4 Å². The Morgan fingerprint density at radius 1 is 1.17 bits per heavy atom. The molecule has 0 radical (unpaired) electrons. The number of rotatable bonds is 3. The summed E-state index contributed by atoms with van der Waals surface area (Å²) >= 11 is 1.58. The summed E-state index contributed by atoms with van der Waals surface area (Å²) in [7, 11) is 0. The molecule has 30 heavy (non-hydrogen) atoms. The van der Waals surface area contributed by atoms with E-state index in [2.05, 4.69) is 52.5 Å². The van der Waals surface area contributed by atoms with Crippen LogP contribution >= 0.6 is 11.3 Å². The molecular weight excluding hydrogens is 392 g/mol. The second kappa shape index (κ2) is 7.67. The lowest BCUT2D eigenvalue weighted by molar-refractivity contribution is 0.0179. The molecule has 1 amide bonds. The summed E-state index contributed by atoms with van der Waals surface area (Å²) in [6.45, 7) is 7.94. The van der Waals surface area contributed by atoms with Gasteiger partial charge in [-0.3, -0.25) is 9.69 Å². The highest BCUT2D eigenvalue weighted by Crippen LogP contribution is 2.39. The summed E-state index contributed by atoms with van der Waals surface area (Å²) in [6.07, 6.45) is 4.11. The maximum absolute atomic E-state index is 13.1. The molecule has 0 unspecified atom stereocenters. The molecule has 1 aromatic carbocycles. The zero-order valence-electron chi connectivity index (χ0n) is 17.6. The van der Waals surface area contributed by atoms with Gasteiger partial charge in [-0.2, -0.15) is 11.3 Å². The number of hydrogen-bond donors (Lipinski definition) is 0. The van der Waals surface area contributed by atoms with E-state index in [-0.39, 0.29) is 11.4 Å². The quantitative estimate of drug-likeness (QED) is 0.628. The van der Waals surface area contributed by atoms with E-state index in [4.69, 9.17) is 4.98 Å². The zero-order chi connectivity index (χ0) is 20.7. The Balaban J connectivity index is 1.55. The Kier molecular flexibility index (Phi) is 4.99. The van der Waals surface area contributed by atoms with E-state index >= 15 is 0 Å². The molecule has 1 fully saturated rings. The average molecular weight is 421 g/mol. The van der Waals surface area contributed by atoms with Crippen LogP contribution in [0.3, 0.4) is 0 Å². The van der Waals surface area contributed by atoms with Gasteiger partial charge in [0, 0.05) is 43.2 Å². The molecule has 5 nitrogen and oxygen atoms in total. The fourth-order valence-corrected chi connectivity index (χ4v) is 5.65. The number of carbonyl (C=O) groups is 1. The van der Waals surface area contributed by atoms with Crippen LogP contribution in [0.25, 0.3) is 11.3 Å². The molecule has 0 saturated carbocycles. The van der Waals surface area contributed by atoms with E-state index in [9.17, 15) is 4.79 Å². The van der Waals surface area contributed by atoms with E-state index < -0.39 is 0 Å². The molecule has 2 aromatic heterocycles. The molecule has 3 aromatic rings. The Labute approximate surface area is 182 Å². The first kappa shape index (κ1) is 19.5. The van der Waals surface area contributed by atoms with Crippen LogP contribution in [-0.4, -0.2) is 50.9 Å². The molecule has 1 atom stereocenters. The van der Waals surface area contributed by atoms with Gasteiger partial charge in [0.15, 0.2) is 0 Å². The third-order valence-electron chi connectivity index (χ3n) is 6.62. The molecule has 0 aliphatic carbocycles. The number of amides is 1. The van der Waals surface area contributed by atoms with Gasteiger partial charge in [-0.05, 0) is 38.1 Å². The number of hydrogen-bond acceptors (Lipinski definition) is 4. The Bertz CT molecular complexity index is 1030. The van der Waals surface area contributed by atoms with Crippen molar-refractivity contribution in [2.75, 3.05) is 19.6 Å². The molecular formula is C24H28N4OS. The molecule has 0 N–H and O–H groups in total. The fourth-order valence-electron chi connectivity index (χ4n) is 5.02. The SMILES string of the molecule is CC(C)N1Cc2c(-c3ccccc3)ncn2[C@@]2(CCCN(C(=O)c3ccsc3)C2)C1. The largest absolute Gasteiger partial charge is 0.336 e. The Hall–Kier alpha value is -2.44. The number of thiophene rings is 1. The van der Waals surface area contributed by atoms with E-state index in [1.54, 1.807) is 11.3 Å². The first-order valence-corrected chi connectivity index (χ1v) is 11.7. The van der Waals surface area contributed by atoms with Crippen molar-refractivity contribution in [2.45, 2.75) is 44.8 Å². The molecule has 0 bridgehead atoms. The second-order valence-electron chi connectivity index (χ2n) is 8.84. The van der Waals surface area contributed by atoms with Crippen molar-refractivity contribution < 1.29 is 4.79 Å². The van der Waals surface area contributed by atoms with Gasteiger partial charge >= 0.3 is 0 Å². The second-order valence-corrected chi connectivity index (χ2v) is 9.62. The number of carbonyl (C=O) groups excluding carboxylic acids is 1. The normalized spacial score (nSPS) is 21.9. The van der Waals surface area contributed by atoms with Crippen molar-refractivity contribution in [1.29, 1.82) is 0 Å². The number of nitrogens with zero attached hydrogens (tertiary/aromatic N) is 4. The minimum absolute atomic E-state index is 0.123. The van der Waals surface area contributed by atoms with Crippen molar-refractivity contribution >= 4 is 17.2 Å². The highest BCUT2D eigenvalue weighted by molar-refractivity contribution is 7.08. The summed E-state index contributed by atoms with van der Waals surface area (Å²) < 4.78 is 2.40. The molecule has 2 aliphatic rings. The van der Waals surface area contributed by atoms with Crippen LogP contribution in [0.2, 0.25) is 0 Å². The number of piperidine rings is 1. The minimum Gasteiger partial charge on any atom is -0.336 e. The highest BCUT2D eigenvalue weighted by atomic mass is 32.1. The van der Waals surface area contributed by atoms with Crippen LogP contribution in [0, 0.1) is 0 Å². The maximum atomic E-state index is 13.1. The fraction of sp³-hybridized carbons (Fsp3) is 0.417.